The van der Waals surface area contributed by atoms with Crippen molar-refractivity contribution in [1.82, 2.24) is 15.2 Å². The van der Waals surface area contributed by atoms with Crippen LogP contribution in [-0.2, 0) is 16.1 Å². The van der Waals surface area contributed by atoms with Crippen LogP contribution >= 0.6 is 0 Å². The van der Waals surface area contributed by atoms with Crippen LogP contribution in [0.25, 0.3) is 6.08 Å². The lowest BCUT2D eigenvalue weighted by Gasteiger charge is -2.13. The minimum Gasteiger partial charge on any atom is -0.453 e. The number of hydrogen-bond donors (Lipinski definition) is 2. The number of halogens is 1. The van der Waals surface area contributed by atoms with Gasteiger partial charge in [-0.25, -0.2) is 9.18 Å². The summed E-state index contributed by atoms with van der Waals surface area (Å²) in [6.07, 6.45) is 5.82. The SMILES string of the molecule is O=C(/C=C/c1ccc(Oc2cccnc2)c(F)c1)Nc1cccc(CN2C(=O)CNC2=O)c1. The highest BCUT2D eigenvalue weighted by atomic mass is 19.1. The second-order valence-corrected chi connectivity index (χ2v) is 7.14. The highest BCUT2D eigenvalue weighted by Gasteiger charge is 2.28. The van der Waals surface area contributed by atoms with Gasteiger partial charge >= 0.3 is 6.03 Å². The van der Waals surface area contributed by atoms with Crippen molar-refractivity contribution in [1.29, 1.82) is 0 Å². The Balaban J connectivity index is 1.36. The van der Waals surface area contributed by atoms with Crippen molar-refractivity contribution >= 4 is 29.6 Å². The molecule has 2 heterocycles. The molecule has 4 rings (SSSR count). The van der Waals surface area contributed by atoms with Gasteiger partial charge in [-0.05, 0) is 53.6 Å². The fraction of sp³-hybridized carbons (Fsp3) is 0.0833. The maximum atomic E-state index is 14.3. The van der Waals surface area contributed by atoms with E-state index in [1.165, 1.54) is 30.5 Å². The number of hydrogen-bond acceptors (Lipinski definition) is 5. The molecule has 33 heavy (non-hydrogen) atoms. The molecule has 1 aliphatic rings. The number of amides is 4. The van der Waals surface area contributed by atoms with Crippen LogP contribution in [-0.4, -0.2) is 34.3 Å². The van der Waals surface area contributed by atoms with Crippen LogP contribution in [0.2, 0.25) is 0 Å². The van der Waals surface area contributed by atoms with Gasteiger partial charge in [0.25, 0.3) is 0 Å². The first-order valence-corrected chi connectivity index (χ1v) is 10.0. The molecule has 1 fully saturated rings. The summed E-state index contributed by atoms with van der Waals surface area (Å²) >= 11 is 0. The molecule has 0 unspecified atom stereocenters. The van der Waals surface area contributed by atoms with Crippen LogP contribution in [0.3, 0.4) is 0 Å². The molecule has 166 valence electrons. The highest BCUT2D eigenvalue weighted by molar-refractivity contribution is 6.02. The Kier molecular flexibility index (Phi) is 6.40. The standard InChI is InChI=1S/C24H19FN4O4/c25-20-12-16(6-8-21(20)33-19-5-2-10-26-13-19)7-9-22(30)28-18-4-1-3-17(11-18)15-29-23(31)14-27-24(29)32/h1-13H,14-15H2,(H,27,32)(H,28,30)/b9-7+. The van der Waals surface area contributed by atoms with Crippen LogP contribution in [0.15, 0.2) is 73.1 Å². The molecule has 1 aromatic heterocycles. The maximum Gasteiger partial charge on any atom is 0.324 e. The Bertz CT molecular complexity index is 1210. The Labute approximate surface area is 188 Å². The lowest BCUT2D eigenvalue weighted by Crippen LogP contribution is -2.30. The van der Waals surface area contributed by atoms with E-state index in [1.54, 1.807) is 48.7 Å². The van der Waals surface area contributed by atoms with Gasteiger partial charge in [-0.15, -0.1) is 0 Å². The molecule has 3 aromatic rings. The summed E-state index contributed by atoms with van der Waals surface area (Å²) in [6.45, 7) is 0.0914. The quantitative estimate of drug-likeness (QED) is 0.426. The second kappa shape index (κ2) is 9.73. The van der Waals surface area contributed by atoms with Crippen LogP contribution in [0, 0.1) is 5.82 Å². The summed E-state index contributed by atoms with van der Waals surface area (Å²) in [5, 5.41) is 5.16. The number of rotatable bonds is 7. The number of carbonyl (C=O) groups excluding carboxylic acids is 3. The first-order valence-electron chi connectivity index (χ1n) is 10.0. The lowest BCUT2D eigenvalue weighted by molar-refractivity contribution is -0.125. The maximum absolute atomic E-state index is 14.3. The first kappa shape index (κ1) is 21.7. The van der Waals surface area contributed by atoms with Gasteiger partial charge in [-0.3, -0.25) is 19.5 Å². The van der Waals surface area contributed by atoms with Gasteiger partial charge < -0.3 is 15.4 Å². The van der Waals surface area contributed by atoms with Gasteiger partial charge in [0.2, 0.25) is 11.8 Å². The fourth-order valence-electron chi connectivity index (χ4n) is 3.14. The summed E-state index contributed by atoms with van der Waals surface area (Å²) in [5.41, 5.74) is 1.67. The molecule has 9 heteroatoms. The van der Waals surface area contributed by atoms with E-state index < -0.39 is 17.8 Å². The number of imide groups is 1. The average molecular weight is 446 g/mol. The Hall–Kier alpha value is -4.53. The summed E-state index contributed by atoms with van der Waals surface area (Å²) < 4.78 is 19.8. The topological polar surface area (TPSA) is 101 Å². The minimum atomic E-state index is -0.574. The van der Waals surface area contributed by atoms with Gasteiger partial charge in [0.1, 0.15) is 5.75 Å². The van der Waals surface area contributed by atoms with Crippen LogP contribution in [0.4, 0.5) is 14.9 Å². The predicted molar refractivity (Wildman–Crippen MR) is 119 cm³/mol. The summed E-state index contributed by atoms with van der Waals surface area (Å²) in [5.74, 6) is -0.836. The van der Waals surface area contributed by atoms with E-state index in [4.69, 9.17) is 4.74 Å². The Morgan fingerprint density at radius 1 is 1.18 bits per heavy atom. The first-order chi connectivity index (χ1) is 16.0. The number of urea groups is 1. The molecule has 2 N–H and O–H groups in total. The zero-order chi connectivity index (χ0) is 23.2. The van der Waals surface area contributed by atoms with Gasteiger partial charge in [0.05, 0.1) is 19.3 Å². The van der Waals surface area contributed by atoms with E-state index >= 15 is 0 Å². The van der Waals surface area contributed by atoms with Crippen LogP contribution < -0.4 is 15.4 Å². The van der Waals surface area contributed by atoms with E-state index in [9.17, 15) is 18.8 Å². The molecule has 0 bridgehead atoms. The van der Waals surface area contributed by atoms with Crippen molar-refractivity contribution in [2.75, 3.05) is 11.9 Å². The van der Waals surface area contributed by atoms with E-state index in [0.717, 1.165) is 4.90 Å². The lowest BCUT2D eigenvalue weighted by atomic mass is 10.1. The number of aromatic nitrogens is 1. The van der Waals surface area contributed by atoms with E-state index in [1.807, 2.05) is 0 Å². The fourth-order valence-corrected chi connectivity index (χ4v) is 3.14. The van der Waals surface area contributed by atoms with Gasteiger partial charge in [-0.1, -0.05) is 18.2 Å². The van der Waals surface area contributed by atoms with Crippen LogP contribution in [0.5, 0.6) is 11.5 Å². The number of carbonyl (C=O) groups is 3. The third-order valence-corrected chi connectivity index (χ3v) is 4.72. The smallest absolute Gasteiger partial charge is 0.324 e. The molecule has 2 aromatic carbocycles. The molecule has 4 amide bonds. The zero-order valence-corrected chi connectivity index (χ0v) is 17.3. The van der Waals surface area contributed by atoms with Crippen molar-refractivity contribution in [3.8, 4) is 11.5 Å². The molecule has 8 nitrogen and oxygen atoms in total. The molecular weight excluding hydrogens is 427 g/mol. The molecule has 0 aliphatic carbocycles. The number of nitrogens with one attached hydrogen (secondary N) is 2. The zero-order valence-electron chi connectivity index (χ0n) is 17.3. The van der Waals surface area contributed by atoms with Gasteiger partial charge in [0.15, 0.2) is 11.6 Å². The average Bonchev–Trinajstić information content (AvgIpc) is 3.12. The predicted octanol–water partition coefficient (Wildman–Crippen LogP) is 3.72. The Morgan fingerprint density at radius 3 is 2.79 bits per heavy atom. The summed E-state index contributed by atoms with van der Waals surface area (Å²) in [7, 11) is 0. The molecular formula is C24H19FN4O4. The van der Waals surface area contributed by atoms with Gasteiger partial charge in [0, 0.05) is 18.0 Å². The number of benzene rings is 2. The number of anilines is 1. The normalized spacial score (nSPS) is 13.3. The van der Waals surface area contributed by atoms with Crippen molar-refractivity contribution in [2.45, 2.75) is 6.54 Å². The van der Waals surface area contributed by atoms with Crippen molar-refractivity contribution in [3.63, 3.8) is 0 Å². The van der Waals surface area contributed by atoms with E-state index in [0.29, 0.717) is 22.6 Å². The van der Waals surface area contributed by atoms with E-state index in [2.05, 4.69) is 15.6 Å². The van der Waals surface area contributed by atoms with Crippen molar-refractivity contribution in [3.05, 3.63) is 90.0 Å². The highest BCUT2D eigenvalue weighted by Crippen LogP contribution is 2.25. The summed E-state index contributed by atoms with van der Waals surface area (Å²) in [4.78, 5) is 40.7. The largest absolute Gasteiger partial charge is 0.453 e. The monoisotopic (exact) mass is 446 g/mol. The van der Waals surface area contributed by atoms with Gasteiger partial charge in [-0.2, -0.15) is 0 Å². The molecule has 1 saturated heterocycles. The second-order valence-electron chi connectivity index (χ2n) is 7.14. The molecule has 0 radical (unpaired) electrons. The third-order valence-electron chi connectivity index (χ3n) is 4.72. The molecule has 0 atom stereocenters. The minimum absolute atomic E-state index is 0.0167. The number of nitrogens with zero attached hydrogens (tertiary/aromatic N) is 2. The van der Waals surface area contributed by atoms with Crippen LogP contribution in [0.1, 0.15) is 11.1 Å². The van der Waals surface area contributed by atoms with E-state index in [-0.39, 0.29) is 24.7 Å². The summed E-state index contributed by atoms with van der Waals surface area (Å²) in [6, 6.07) is 14.1. The number of ether oxygens (including phenoxy) is 1. The Morgan fingerprint density at radius 2 is 2.06 bits per heavy atom. The van der Waals surface area contributed by atoms with Crippen molar-refractivity contribution < 1.29 is 23.5 Å². The molecule has 0 spiro atoms. The third kappa shape index (κ3) is 5.59. The molecule has 1 aliphatic heterocycles. The number of pyridine rings is 1. The van der Waals surface area contributed by atoms with Crippen molar-refractivity contribution in [2.24, 2.45) is 0 Å². The molecule has 0 saturated carbocycles.